The number of carbonyl (C=O) groups is 1. The van der Waals surface area contributed by atoms with Crippen molar-refractivity contribution in [2.45, 2.75) is 32.4 Å². The van der Waals surface area contributed by atoms with Gasteiger partial charge in [0.05, 0.1) is 18.8 Å². The van der Waals surface area contributed by atoms with Crippen molar-refractivity contribution in [3.63, 3.8) is 0 Å². The summed E-state index contributed by atoms with van der Waals surface area (Å²) in [7, 11) is 1.64. The number of rotatable bonds is 3. The highest BCUT2D eigenvalue weighted by molar-refractivity contribution is 6.30. The standard InChI is InChI=1S/C22H22ClN3O2/c1-22(2,3)26-20(14-5-9-15(23)10-6-14)17-18(24-25-19(17)21(26)27)13-7-11-16(28-4)12-8-13/h5-12,20H,1-4H3,(H,24,25). The number of hydrogen-bond donors (Lipinski definition) is 1. The zero-order valence-corrected chi connectivity index (χ0v) is 17.0. The summed E-state index contributed by atoms with van der Waals surface area (Å²) in [5.74, 6) is 0.729. The number of nitrogens with zero attached hydrogens (tertiary/aromatic N) is 2. The first-order valence-corrected chi connectivity index (χ1v) is 9.51. The molecule has 0 saturated carbocycles. The molecular weight excluding hydrogens is 374 g/mol. The van der Waals surface area contributed by atoms with E-state index in [9.17, 15) is 4.79 Å². The van der Waals surface area contributed by atoms with Gasteiger partial charge in [0.25, 0.3) is 5.91 Å². The summed E-state index contributed by atoms with van der Waals surface area (Å²) in [4.78, 5) is 15.2. The number of benzene rings is 2. The predicted octanol–water partition coefficient (Wildman–Crippen LogP) is 5.08. The van der Waals surface area contributed by atoms with Gasteiger partial charge in [-0.2, -0.15) is 5.10 Å². The van der Waals surface area contributed by atoms with E-state index in [1.165, 1.54) is 0 Å². The quantitative estimate of drug-likeness (QED) is 0.672. The number of fused-ring (bicyclic) bond motifs is 1. The molecule has 1 N–H and O–H groups in total. The Balaban J connectivity index is 1.90. The molecule has 2 aromatic carbocycles. The van der Waals surface area contributed by atoms with Crippen LogP contribution in [-0.2, 0) is 0 Å². The van der Waals surface area contributed by atoms with Gasteiger partial charge in [0.2, 0.25) is 0 Å². The molecule has 144 valence electrons. The lowest BCUT2D eigenvalue weighted by atomic mass is 9.93. The molecule has 3 aromatic rings. The van der Waals surface area contributed by atoms with E-state index in [-0.39, 0.29) is 17.5 Å². The molecule has 2 heterocycles. The van der Waals surface area contributed by atoms with Crippen LogP contribution in [0.2, 0.25) is 5.02 Å². The van der Waals surface area contributed by atoms with Crippen LogP contribution in [0.15, 0.2) is 48.5 Å². The van der Waals surface area contributed by atoms with Gasteiger partial charge in [-0.25, -0.2) is 0 Å². The highest BCUT2D eigenvalue weighted by Gasteiger charge is 2.46. The van der Waals surface area contributed by atoms with Gasteiger partial charge in [-0.05, 0) is 62.7 Å². The molecule has 1 aliphatic rings. The van der Waals surface area contributed by atoms with E-state index >= 15 is 0 Å². The second-order valence-corrected chi connectivity index (χ2v) is 8.33. The first kappa shape index (κ1) is 18.6. The van der Waals surface area contributed by atoms with Crippen molar-refractivity contribution >= 4 is 17.5 Å². The molecule has 1 aliphatic heterocycles. The van der Waals surface area contributed by atoms with E-state index in [2.05, 4.69) is 10.2 Å². The van der Waals surface area contributed by atoms with Gasteiger partial charge in [-0.15, -0.1) is 0 Å². The van der Waals surface area contributed by atoms with Crippen LogP contribution in [0, 0.1) is 0 Å². The summed E-state index contributed by atoms with van der Waals surface area (Å²) in [5, 5.41) is 8.13. The molecule has 6 heteroatoms. The predicted molar refractivity (Wildman–Crippen MR) is 110 cm³/mol. The topological polar surface area (TPSA) is 58.2 Å². The maximum atomic E-state index is 13.2. The fraction of sp³-hybridized carbons (Fsp3) is 0.273. The minimum absolute atomic E-state index is 0.0466. The van der Waals surface area contributed by atoms with Crippen molar-refractivity contribution < 1.29 is 9.53 Å². The normalized spacial score (nSPS) is 16.4. The summed E-state index contributed by atoms with van der Waals surface area (Å²) in [6.07, 6.45) is 0. The van der Waals surface area contributed by atoms with Gasteiger partial charge < -0.3 is 9.64 Å². The van der Waals surface area contributed by atoms with Crippen molar-refractivity contribution in [2.24, 2.45) is 0 Å². The highest BCUT2D eigenvalue weighted by Crippen LogP contribution is 2.46. The molecule has 1 amide bonds. The SMILES string of the molecule is COc1ccc(-c2n[nH]c3c2C(c2ccc(Cl)cc2)N(C(C)(C)C)C3=O)cc1. The van der Waals surface area contributed by atoms with E-state index in [1.807, 2.05) is 74.2 Å². The van der Waals surface area contributed by atoms with E-state index < -0.39 is 0 Å². The molecule has 4 rings (SSSR count). The molecular formula is C22H22ClN3O2. The number of nitrogens with one attached hydrogen (secondary N) is 1. The third-order valence-electron chi connectivity index (χ3n) is 5.04. The first-order chi connectivity index (χ1) is 13.3. The van der Waals surface area contributed by atoms with Gasteiger partial charge >= 0.3 is 0 Å². The molecule has 0 aliphatic carbocycles. The van der Waals surface area contributed by atoms with Crippen LogP contribution in [-0.4, -0.2) is 33.7 Å². The van der Waals surface area contributed by atoms with Crippen molar-refractivity contribution in [3.8, 4) is 17.0 Å². The lowest BCUT2D eigenvalue weighted by Crippen LogP contribution is -2.44. The van der Waals surface area contributed by atoms with E-state index in [4.69, 9.17) is 16.3 Å². The van der Waals surface area contributed by atoms with Crippen LogP contribution in [0.5, 0.6) is 5.75 Å². The molecule has 28 heavy (non-hydrogen) atoms. The van der Waals surface area contributed by atoms with Gasteiger partial charge in [0.15, 0.2) is 0 Å². The third kappa shape index (κ3) is 2.96. The fourth-order valence-corrected chi connectivity index (χ4v) is 3.89. The van der Waals surface area contributed by atoms with E-state index in [0.717, 1.165) is 28.1 Å². The van der Waals surface area contributed by atoms with Gasteiger partial charge in [-0.3, -0.25) is 9.89 Å². The largest absolute Gasteiger partial charge is 0.497 e. The summed E-state index contributed by atoms with van der Waals surface area (Å²) < 4.78 is 5.26. The number of hydrogen-bond acceptors (Lipinski definition) is 3. The minimum Gasteiger partial charge on any atom is -0.497 e. The molecule has 0 spiro atoms. The monoisotopic (exact) mass is 395 g/mol. The second-order valence-electron chi connectivity index (χ2n) is 7.89. The molecule has 1 atom stereocenters. The van der Waals surface area contributed by atoms with Crippen LogP contribution in [0.1, 0.15) is 48.4 Å². The lowest BCUT2D eigenvalue weighted by molar-refractivity contribution is 0.0546. The van der Waals surface area contributed by atoms with Crippen LogP contribution in [0.4, 0.5) is 0 Å². The fourth-order valence-electron chi connectivity index (χ4n) is 3.77. The summed E-state index contributed by atoms with van der Waals surface area (Å²) >= 11 is 6.10. The van der Waals surface area contributed by atoms with Crippen molar-refractivity contribution in [1.82, 2.24) is 15.1 Å². The summed E-state index contributed by atoms with van der Waals surface area (Å²) in [5.41, 5.74) is 3.78. The zero-order valence-electron chi connectivity index (χ0n) is 16.3. The molecule has 0 fully saturated rings. The van der Waals surface area contributed by atoms with Crippen LogP contribution < -0.4 is 4.74 Å². The number of amides is 1. The average Bonchev–Trinajstić information content (AvgIpc) is 3.21. The first-order valence-electron chi connectivity index (χ1n) is 9.13. The van der Waals surface area contributed by atoms with Crippen molar-refractivity contribution in [3.05, 3.63) is 70.4 Å². The lowest BCUT2D eigenvalue weighted by Gasteiger charge is -2.37. The van der Waals surface area contributed by atoms with Crippen molar-refractivity contribution in [1.29, 1.82) is 0 Å². The Morgan fingerprint density at radius 1 is 1.07 bits per heavy atom. The number of aromatic amines is 1. The molecule has 5 nitrogen and oxygen atoms in total. The Bertz CT molecular complexity index is 1020. The van der Waals surface area contributed by atoms with Gasteiger partial charge in [-0.1, -0.05) is 23.7 Å². The number of methoxy groups -OCH3 is 1. The number of aromatic nitrogens is 2. The number of ether oxygens (including phenoxy) is 1. The Hall–Kier alpha value is -2.79. The van der Waals surface area contributed by atoms with E-state index in [1.54, 1.807) is 7.11 Å². The number of H-pyrrole nitrogens is 1. The van der Waals surface area contributed by atoms with Gasteiger partial charge in [0.1, 0.15) is 11.4 Å². The number of carbonyl (C=O) groups excluding carboxylic acids is 1. The summed E-state index contributed by atoms with van der Waals surface area (Å²) in [6, 6.07) is 15.1. The van der Waals surface area contributed by atoms with Crippen LogP contribution in [0.3, 0.4) is 0 Å². The average molecular weight is 396 g/mol. The van der Waals surface area contributed by atoms with E-state index in [0.29, 0.717) is 10.7 Å². The maximum Gasteiger partial charge on any atom is 0.273 e. The second kappa shape index (κ2) is 6.67. The highest BCUT2D eigenvalue weighted by atomic mass is 35.5. The molecule has 0 radical (unpaired) electrons. The minimum atomic E-state index is -0.363. The van der Waals surface area contributed by atoms with Crippen LogP contribution in [0.25, 0.3) is 11.3 Å². The van der Waals surface area contributed by atoms with Gasteiger partial charge in [0, 0.05) is 21.7 Å². The zero-order chi connectivity index (χ0) is 20.1. The Kier molecular flexibility index (Phi) is 4.42. The molecule has 1 aromatic heterocycles. The maximum absolute atomic E-state index is 13.2. The Labute approximate surface area is 169 Å². The smallest absolute Gasteiger partial charge is 0.273 e. The molecule has 0 saturated heterocycles. The molecule has 1 unspecified atom stereocenters. The van der Waals surface area contributed by atoms with Crippen LogP contribution >= 0.6 is 11.6 Å². The van der Waals surface area contributed by atoms with Crippen molar-refractivity contribution in [2.75, 3.05) is 7.11 Å². The molecule has 0 bridgehead atoms. The Morgan fingerprint density at radius 2 is 1.71 bits per heavy atom. The summed E-state index contributed by atoms with van der Waals surface area (Å²) in [6.45, 7) is 6.13. The third-order valence-corrected chi connectivity index (χ3v) is 5.29. The Morgan fingerprint density at radius 3 is 2.29 bits per heavy atom. The number of halogens is 1.